The molecule has 0 aliphatic rings. The van der Waals surface area contributed by atoms with E-state index in [1.807, 2.05) is 0 Å². The molecular formula is C12H10F2N2. The molecule has 0 spiro atoms. The first-order valence-corrected chi connectivity index (χ1v) is 4.74. The highest BCUT2D eigenvalue weighted by Crippen LogP contribution is 2.21. The number of terminal acetylenes is 1. The normalized spacial score (nSPS) is 11.3. The number of nitriles is 1. The summed E-state index contributed by atoms with van der Waals surface area (Å²) < 4.78 is 26.8. The molecule has 4 heteroatoms. The maximum absolute atomic E-state index is 13.4. The zero-order chi connectivity index (χ0) is 12.1. The average Bonchev–Trinajstić information content (AvgIpc) is 2.28. The van der Waals surface area contributed by atoms with Crippen LogP contribution < -0.4 is 5.32 Å². The minimum absolute atomic E-state index is 0.0608. The molecule has 2 nitrogen and oxygen atoms in total. The van der Waals surface area contributed by atoms with Gasteiger partial charge in [-0.05, 0) is 18.6 Å². The van der Waals surface area contributed by atoms with Crippen molar-refractivity contribution in [3.8, 4) is 18.4 Å². The summed E-state index contributed by atoms with van der Waals surface area (Å²) in [5.74, 6) is 0.745. The minimum atomic E-state index is -0.815. The number of anilines is 1. The van der Waals surface area contributed by atoms with E-state index in [9.17, 15) is 8.78 Å². The molecule has 1 aromatic carbocycles. The zero-order valence-corrected chi connectivity index (χ0v) is 8.72. The van der Waals surface area contributed by atoms with Crippen molar-refractivity contribution in [2.45, 2.75) is 19.4 Å². The topological polar surface area (TPSA) is 35.8 Å². The summed E-state index contributed by atoms with van der Waals surface area (Å²) >= 11 is 0. The summed E-state index contributed by atoms with van der Waals surface area (Å²) in [7, 11) is 0. The Kier molecular flexibility index (Phi) is 3.85. The van der Waals surface area contributed by atoms with Gasteiger partial charge in [0.15, 0.2) is 11.6 Å². The van der Waals surface area contributed by atoms with Gasteiger partial charge in [0.25, 0.3) is 0 Å². The zero-order valence-electron chi connectivity index (χ0n) is 8.72. The van der Waals surface area contributed by atoms with Gasteiger partial charge in [0.05, 0.1) is 17.7 Å². The van der Waals surface area contributed by atoms with E-state index >= 15 is 0 Å². The largest absolute Gasteiger partial charge is 0.367 e. The number of hydrogen-bond acceptors (Lipinski definition) is 2. The molecule has 0 saturated carbocycles. The molecule has 0 aliphatic heterocycles. The lowest BCUT2D eigenvalue weighted by atomic mass is 10.1. The molecular weight excluding hydrogens is 210 g/mol. The lowest BCUT2D eigenvalue weighted by Crippen LogP contribution is -2.17. The van der Waals surface area contributed by atoms with Gasteiger partial charge >= 0.3 is 0 Å². The quantitative estimate of drug-likeness (QED) is 0.795. The molecule has 1 N–H and O–H groups in total. The fourth-order valence-electron chi connectivity index (χ4n) is 1.21. The summed E-state index contributed by atoms with van der Waals surface area (Å²) in [6, 6.07) is 3.17. The SMILES string of the molecule is C#CC(CC)Nc1c(F)cc(C#N)cc1F. The number of nitrogens with one attached hydrogen (secondary N) is 1. The van der Waals surface area contributed by atoms with Crippen LogP contribution in [0.15, 0.2) is 12.1 Å². The van der Waals surface area contributed by atoms with E-state index in [1.165, 1.54) is 0 Å². The van der Waals surface area contributed by atoms with Crippen molar-refractivity contribution in [3.63, 3.8) is 0 Å². The van der Waals surface area contributed by atoms with Gasteiger partial charge in [-0.15, -0.1) is 6.42 Å². The molecule has 0 heterocycles. The third kappa shape index (κ3) is 2.49. The minimum Gasteiger partial charge on any atom is -0.367 e. The van der Waals surface area contributed by atoms with Crippen molar-refractivity contribution >= 4 is 5.69 Å². The van der Waals surface area contributed by atoms with E-state index in [2.05, 4.69) is 11.2 Å². The maximum atomic E-state index is 13.4. The number of rotatable bonds is 3. The second-order valence-electron chi connectivity index (χ2n) is 3.20. The maximum Gasteiger partial charge on any atom is 0.150 e. The first-order chi connectivity index (χ1) is 7.62. The Balaban J connectivity index is 3.07. The van der Waals surface area contributed by atoms with Gasteiger partial charge in [0.1, 0.15) is 5.69 Å². The molecule has 0 amide bonds. The standard InChI is InChI=1S/C12H10F2N2/c1-3-9(4-2)16-12-10(13)5-8(7-15)6-11(12)14/h1,5-6,9,16H,4H2,2H3. The Labute approximate surface area is 92.9 Å². The number of benzene rings is 1. The monoisotopic (exact) mass is 220 g/mol. The molecule has 82 valence electrons. The molecule has 1 unspecified atom stereocenters. The van der Waals surface area contributed by atoms with Crippen LogP contribution in [0.2, 0.25) is 0 Å². The van der Waals surface area contributed by atoms with Crippen molar-refractivity contribution in [1.82, 2.24) is 0 Å². The molecule has 0 fully saturated rings. The van der Waals surface area contributed by atoms with Crippen LogP contribution in [0, 0.1) is 35.3 Å². The highest BCUT2D eigenvalue weighted by atomic mass is 19.1. The molecule has 1 atom stereocenters. The Bertz CT molecular complexity index is 446. The second kappa shape index (κ2) is 5.14. The van der Waals surface area contributed by atoms with Crippen molar-refractivity contribution < 1.29 is 8.78 Å². The second-order valence-corrected chi connectivity index (χ2v) is 3.20. The van der Waals surface area contributed by atoms with Gasteiger partial charge in [-0.3, -0.25) is 0 Å². The lowest BCUT2D eigenvalue weighted by Gasteiger charge is -2.13. The number of nitrogens with zero attached hydrogens (tertiary/aromatic N) is 1. The molecule has 0 aliphatic carbocycles. The Morgan fingerprint density at radius 1 is 1.44 bits per heavy atom. The van der Waals surface area contributed by atoms with Gasteiger partial charge in [-0.2, -0.15) is 5.26 Å². The van der Waals surface area contributed by atoms with E-state index in [4.69, 9.17) is 11.7 Å². The van der Waals surface area contributed by atoms with Gasteiger partial charge in [-0.1, -0.05) is 12.8 Å². The van der Waals surface area contributed by atoms with Crippen LogP contribution >= 0.6 is 0 Å². The third-order valence-electron chi connectivity index (χ3n) is 2.10. The summed E-state index contributed by atoms with van der Waals surface area (Å²) in [6.45, 7) is 1.80. The molecule has 1 rings (SSSR count). The first kappa shape index (κ1) is 12.0. The fourth-order valence-corrected chi connectivity index (χ4v) is 1.21. The summed E-state index contributed by atoms with van der Waals surface area (Å²) in [5, 5.41) is 11.1. The van der Waals surface area contributed by atoms with Crippen LogP contribution in [0.4, 0.5) is 14.5 Å². The van der Waals surface area contributed by atoms with Gasteiger partial charge in [-0.25, -0.2) is 8.78 Å². The molecule has 16 heavy (non-hydrogen) atoms. The lowest BCUT2D eigenvalue weighted by molar-refractivity contribution is 0.584. The summed E-state index contributed by atoms with van der Waals surface area (Å²) in [5.41, 5.74) is -0.349. The van der Waals surface area contributed by atoms with E-state index in [-0.39, 0.29) is 11.3 Å². The van der Waals surface area contributed by atoms with Crippen LogP contribution in [0.1, 0.15) is 18.9 Å². The van der Waals surface area contributed by atoms with Crippen molar-refractivity contribution in [1.29, 1.82) is 5.26 Å². The highest BCUT2D eigenvalue weighted by Gasteiger charge is 2.13. The van der Waals surface area contributed by atoms with Crippen LogP contribution in [-0.2, 0) is 0 Å². The number of hydrogen-bond donors (Lipinski definition) is 1. The van der Waals surface area contributed by atoms with E-state index < -0.39 is 17.7 Å². The van der Waals surface area contributed by atoms with Gasteiger partial charge in [0.2, 0.25) is 0 Å². The first-order valence-electron chi connectivity index (χ1n) is 4.74. The van der Waals surface area contributed by atoms with E-state index in [0.717, 1.165) is 12.1 Å². The van der Waals surface area contributed by atoms with Crippen LogP contribution in [-0.4, -0.2) is 6.04 Å². The number of halogens is 2. The van der Waals surface area contributed by atoms with E-state index in [0.29, 0.717) is 6.42 Å². The van der Waals surface area contributed by atoms with Crippen LogP contribution in [0.5, 0.6) is 0 Å². The molecule has 0 aromatic heterocycles. The molecule has 0 saturated heterocycles. The van der Waals surface area contributed by atoms with Crippen LogP contribution in [0.3, 0.4) is 0 Å². The van der Waals surface area contributed by atoms with Crippen molar-refractivity contribution in [2.24, 2.45) is 0 Å². The van der Waals surface area contributed by atoms with Crippen molar-refractivity contribution in [3.05, 3.63) is 29.3 Å². The predicted octanol–water partition coefficient (Wildman–Crippen LogP) is 2.66. The Morgan fingerprint density at radius 2 is 2.00 bits per heavy atom. The predicted molar refractivity (Wildman–Crippen MR) is 57.6 cm³/mol. The highest BCUT2D eigenvalue weighted by molar-refractivity contribution is 5.51. The summed E-state index contributed by atoms with van der Waals surface area (Å²) in [4.78, 5) is 0. The van der Waals surface area contributed by atoms with Gasteiger partial charge in [0, 0.05) is 0 Å². The fraction of sp³-hybridized carbons (Fsp3) is 0.250. The molecule has 0 bridgehead atoms. The molecule has 0 radical (unpaired) electrons. The van der Waals surface area contributed by atoms with Crippen LogP contribution in [0.25, 0.3) is 0 Å². The van der Waals surface area contributed by atoms with Crippen molar-refractivity contribution in [2.75, 3.05) is 5.32 Å². The summed E-state index contributed by atoms with van der Waals surface area (Å²) in [6.07, 6.45) is 5.73. The smallest absolute Gasteiger partial charge is 0.150 e. The average molecular weight is 220 g/mol. The Morgan fingerprint density at radius 3 is 2.38 bits per heavy atom. The molecule has 1 aromatic rings. The van der Waals surface area contributed by atoms with Gasteiger partial charge < -0.3 is 5.32 Å². The Hall–Kier alpha value is -2.07. The van der Waals surface area contributed by atoms with E-state index in [1.54, 1.807) is 13.0 Å². The third-order valence-corrected chi connectivity index (χ3v) is 2.10.